The highest BCUT2D eigenvalue weighted by atomic mass is 35.5. The van der Waals surface area contributed by atoms with Crippen LogP contribution < -0.4 is 10.2 Å². The molecule has 33 heavy (non-hydrogen) atoms. The van der Waals surface area contributed by atoms with Gasteiger partial charge >= 0.3 is 0 Å². The summed E-state index contributed by atoms with van der Waals surface area (Å²) in [6, 6.07) is 15.0. The lowest BCUT2D eigenvalue weighted by atomic mass is 10.1. The largest absolute Gasteiger partial charge is 0.339 e. The first kappa shape index (κ1) is 21.0. The number of rotatable bonds is 6. The summed E-state index contributed by atoms with van der Waals surface area (Å²) in [5.41, 5.74) is 1.36. The summed E-state index contributed by atoms with van der Waals surface area (Å²) in [5.74, 6) is -0.273. The van der Waals surface area contributed by atoms with E-state index >= 15 is 0 Å². The highest BCUT2D eigenvalue weighted by molar-refractivity contribution is 7.13. The number of imide groups is 1. The predicted molar refractivity (Wildman–Crippen MR) is 124 cm³/mol. The van der Waals surface area contributed by atoms with E-state index in [2.05, 4.69) is 15.5 Å². The monoisotopic (exact) mass is 478 g/mol. The number of amides is 3. The Labute approximate surface area is 196 Å². The van der Waals surface area contributed by atoms with E-state index in [1.165, 1.54) is 23.5 Å². The van der Waals surface area contributed by atoms with Gasteiger partial charge in [-0.05, 0) is 41.8 Å². The average molecular weight is 479 g/mol. The fourth-order valence-corrected chi connectivity index (χ4v) is 4.39. The van der Waals surface area contributed by atoms with Gasteiger partial charge in [0.15, 0.2) is 0 Å². The zero-order chi connectivity index (χ0) is 22.9. The van der Waals surface area contributed by atoms with Gasteiger partial charge in [0.05, 0.1) is 26.7 Å². The lowest BCUT2D eigenvalue weighted by Crippen LogP contribution is -2.29. The predicted octanol–water partition coefficient (Wildman–Crippen LogP) is 4.82. The van der Waals surface area contributed by atoms with Crippen molar-refractivity contribution in [3.05, 3.63) is 82.0 Å². The molecular formula is C23H15ClN4O4S. The molecule has 0 aliphatic carbocycles. The highest BCUT2D eigenvalue weighted by Crippen LogP contribution is 2.34. The lowest BCUT2D eigenvalue weighted by Gasteiger charge is -2.16. The van der Waals surface area contributed by atoms with Gasteiger partial charge in [-0.2, -0.15) is 4.98 Å². The van der Waals surface area contributed by atoms with E-state index in [0.717, 1.165) is 9.78 Å². The molecule has 10 heteroatoms. The molecule has 0 bridgehead atoms. The van der Waals surface area contributed by atoms with Gasteiger partial charge in [-0.3, -0.25) is 14.4 Å². The van der Waals surface area contributed by atoms with Gasteiger partial charge in [-0.25, -0.2) is 4.90 Å². The minimum atomic E-state index is -0.434. The number of thiophene rings is 1. The highest BCUT2D eigenvalue weighted by Gasteiger charge is 2.37. The molecule has 0 spiro atoms. The number of halogens is 1. The Kier molecular flexibility index (Phi) is 5.49. The Balaban J connectivity index is 1.23. The maximum atomic E-state index is 12.7. The molecule has 0 fully saturated rings. The van der Waals surface area contributed by atoms with Gasteiger partial charge < -0.3 is 9.84 Å². The Morgan fingerprint density at radius 3 is 2.48 bits per heavy atom. The molecule has 164 valence electrons. The van der Waals surface area contributed by atoms with Gasteiger partial charge in [0, 0.05) is 18.5 Å². The van der Waals surface area contributed by atoms with Crippen molar-refractivity contribution in [2.24, 2.45) is 0 Å². The molecule has 0 atom stereocenters. The summed E-state index contributed by atoms with van der Waals surface area (Å²) in [5, 5.41) is 8.75. The molecule has 1 aliphatic heterocycles. The second kappa shape index (κ2) is 8.61. The SMILES string of the molecule is O=C(CCc1nc(-c2cccs2)no1)Nc1ccc(N2C(=O)c3ccccc3C2=O)c(Cl)c1. The third kappa shape index (κ3) is 4.04. The summed E-state index contributed by atoms with van der Waals surface area (Å²) >= 11 is 7.86. The number of carbonyl (C=O) groups excluding carboxylic acids is 3. The van der Waals surface area contributed by atoms with Gasteiger partial charge in [-0.1, -0.05) is 35.0 Å². The number of benzene rings is 2. The molecule has 3 amide bonds. The first-order valence-corrected chi connectivity index (χ1v) is 11.2. The van der Waals surface area contributed by atoms with Crippen LogP contribution in [0.15, 0.2) is 64.5 Å². The Bertz CT molecular complexity index is 1350. The zero-order valence-electron chi connectivity index (χ0n) is 16.9. The first-order valence-electron chi connectivity index (χ1n) is 9.95. The van der Waals surface area contributed by atoms with E-state index in [1.807, 2.05) is 17.5 Å². The summed E-state index contributed by atoms with van der Waals surface area (Å²) in [6.45, 7) is 0. The van der Waals surface area contributed by atoms with Crippen LogP contribution in [-0.2, 0) is 11.2 Å². The van der Waals surface area contributed by atoms with E-state index in [-0.39, 0.29) is 29.5 Å². The third-order valence-electron chi connectivity index (χ3n) is 5.04. The molecule has 2 aromatic carbocycles. The standard InChI is InChI=1S/C23H15ClN4O4S/c24-16-12-13(7-8-17(16)28-22(30)14-4-1-2-5-15(14)23(28)31)25-19(29)9-10-20-26-21(27-32-20)18-6-3-11-33-18/h1-8,11-12H,9-10H2,(H,25,29). The number of hydrogen-bond acceptors (Lipinski definition) is 7. The molecule has 1 N–H and O–H groups in total. The second-order valence-electron chi connectivity index (χ2n) is 7.19. The third-order valence-corrected chi connectivity index (χ3v) is 6.21. The molecule has 0 radical (unpaired) electrons. The molecule has 1 aliphatic rings. The molecule has 8 nitrogen and oxygen atoms in total. The summed E-state index contributed by atoms with van der Waals surface area (Å²) in [7, 11) is 0. The minimum absolute atomic E-state index is 0.129. The molecule has 3 heterocycles. The molecule has 0 saturated heterocycles. The number of anilines is 2. The van der Waals surface area contributed by atoms with Gasteiger partial charge in [-0.15, -0.1) is 11.3 Å². The summed E-state index contributed by atoms with van der Waals surface area (Å²) in [6.07, 6.45) is 0.412. The lowest BCUT2D eigenvalue weighted by molar-refractivity contribution is -0.116. The maximum absolute atomic E-state index is 12.7. The smallest absolute Gasteiger partial charge is 0.266 e. The van der Waals surface area contributed by atoms with Crippen molar-refractivity contribution in [2.45, 2.75) is 12.8 Å². The zero-order valence-corrected chi connectivity index (χ0v) is 18.5. The summed E-state index contributed by atoms with van der Waals surface area (Å²) < 4.78 is 5.20. The molecule has 0 saturated carbocycles. The van der Waals surface area contributed by atoms with Gasteiger partial charge in [0.2, 0.25) is 17.6 Å². The Morgan fingerprint density at radius 1 is 1.06 bits per heavy atom. The van der Waals surface area contributed by atoms with Gasteiger partial charge in [0.25, 0.3) is 11.8 Å². The summed E-state index contributed by atoms with van der Waals surface area (Å²) in [4.78, 5) is 43.9. The van der Waals surface area contributed by atoms with Crippen LogP contribution in [0, 0.1) is 0 Å². The number of nitrogens with zero attached hydrogens (tertiary/aromatic N) is 3. The maximum Gasteiger partial charge on any atom is 0.266 e. The van der Waals surface area contributed by atoms with Crippen LogP contribution in [0.3, 0.4) is 0 Å². The van der Waals surface area contributed by atoms with Gasteiger partial charge in [0.1, 0.15) is 0 Å². The number of carbonyl (C=O) groups is 3. The van der Waals surface area contributed by atoms with E-state index < -0.39 is 11.8 Å². The van der Waals surface area contributed by atoms with Crippen LogP contribution in [-0.4, -0.2) is 27.9 Å². The van der Waals surface area contributed by atoms with Crippen molar-refractivity contribution < 1.29 is 18.9 Å². The van der Waals surface area contributed by atoms with Crippen LogP contribution in [0.5, 0.6) is 0 Å². The van der Waals surface area contributed by atoms with Crippen LogP contribution in [0.4, 0.5) is 11.4 Å². The van der Waals surface area contributed by atoms with Crippen LogP contribution in [0.25, 0.3) is 10.7 Å². The minimum Gasteiger partial charge on any atom is -0.339 e. The fourth-order valence-electron chi connectivity index (χ4n) is 3.48. The number of fused-ring (bicyclic) bond motifs is 1. The molecular weight excluding hydrogens is 464 g/mol. The van der Waals surface area contributed by atoms with Crippen molar-refractivity contribution in [1.29, 1.82) is 0 Å². The number of aryl methyl sites for hydroxylation is 1. The average Bonchev–Trinajstić information content (AvgIpc) is 3.55. The van der Waals surface area contributed by atoms with Crippen molar-refractivity contribution >= 4 is 52.0 Å². The van der Waals surface area contributed by atoms with Crippen LogP contribution in [0.2, 0.25) is 5.02 Å². The normalized spacial score (nSPS) is 12.8. The van der Waals surface area contributed by atoms with E-state index in [4.69, 9.17) is 16.1 Å². The molecule has 2 aromatic heterocycles. The van der Waals surface area contributed by atoms with Crippen LogP contribution in [0.1, 0.15) is 33.0 Å². The first-order chi connectivity index (χ1) is 16.0. The number of hydrogen-bond donors (Lipinski definition) is 1. The van der Waals surface area contributed by atoms with Crippen molar-refractivity contribution in [3.8, 4) is 10.7 Å². The molecule has 5 rings (SSSR count). The fraction of sp³-hybridized carbons (Fsp3) is 0.0870. The van der Waals surface area contributed by atoms with Crippen molar-refractivity contribution in [2.75, 3.05) is 10.2 Å². The van der Waals surface area contributed by atoms with Crippen LogP contribution >= 0.6 is 22.9 Å². The van der Waals surface area contributed by atoms with E-state index in [9.17, 15) is 14.4 Å². The molecule has 0 unspecified atom stereocenters. The Hall–Kier alpha value is -3.82. The van der Waals surface area contributed by atoms with E-state index in [0.29, 0.717) is 28.5 Å². The van der Waals surface area contributed by atoms with E-state index in [1.54, 1.807) is 30.3 Å². The topological polar surface area (TPSA) is 105 Å². The number of aromatic nitrogens is 2. The quantitative estimate of drug-likeness (QED) is 0.398. The number of nitrogens with one attached hydrogen (secondary N) is 1. The van der Waals surface area contributed by atoms with Crippen molar-refractivity contribution in [1.82, 2.24) is 10.1 Å². The Morgan fingerprint density at radius 2 is 1.82 bits per heavy atom. The van der Waals surface area contributed by atoms with Crippen molar-refractivity contribution in [3.63, 3.8) is 0 Å². The molecule has 4 aromatic rings. The second-order valence-corrected chi connectivity index (χ2v) is 8.55.